The van der Waals surface area contributed by atoms with Crippen LogP contribution in [0.3, 0.4) is 0 Å². The van der Waals surface area contributed by atoms with E-state index in [9.17, 15) is 0 Å². The van der Waals surface area contributed by atoms with Crippen LogP contribution in [0.1, 0.15) is 6.92 Å². The Labute approximate surface area is 96.2 Å². The molecule has 0 aromatic heterocycles. The summed E-state index contributed by atoms with van der Waals surface area (Å²) in [4.78, 5) is 7.42. The van der Waals surface area contributed by atoms with Gasteiger partial charge in [0.15, 0.2) is 6.29 Å². The molecule has 1 aliphatic rings. The van der Waals surface area contributed by atoms with Crippen molar-refractivity contribution >= 4 is 28.3 Å². The van der Waals surface area contributed by atoms with Crippen LogP contribution >= 0.6 is 15.7 Å². The molecule has 0 N–H and O–H groups in total. The first-order valence-electron chi connectivity index (χ1n) is 5.27. The predicted octanol–water partition coefficient (Wildman–Crippen LogP) is 1.64. The van der Waals surface area contributed by atoms with Gasteiger partial charge in [-0.1, -0.05) is 21.4 Å². The van der Waals surface area contributed by atoms with Crippen LogP contribution in [0, 0.1) is 0 Å². The van der Waals surface area contributed by atoms with Crippen LogP contribution < -0.4 is 0 Å². The van der Waals surface area contributed by atoms with Crippen molar-refractivity contribution in [1.29, 1.82) is 0 Å². The second kappa shape index (κ2) is 6.73. The Hall–Kier alpha value is 0.220. The minimum absolute atomic E-state index is 0.0710. The molecule has 0 amide bonds. The van der Waals surface area contributed by atoms with Gasteiger partial charge in [-0.15, -0.1) is 0 Å². The zero-order chi connectivity index (χ0) is 11.3. The van der Waals surface area contributed by atoms with Crippen molar-refractivity contribution in [2.75, 3.05) is 45.8 Å². The molecule has 15 heavy (non-hydrogen) atoms. The number of hydrogen-bond donors (Lipinski definition) is 0. The Balaban J connectivity index is 2.50. The predicted molar refractivity (Wildman–Crippen MR) is 74.4 cm³/mol. The van der Waals surface area contributed by atoms with E-state index in [1.807, 2.05) is 0 Å². The Morgan fingerprint density at radius 3 is 2.33 bits per heavy atom. The standard InChI is InChI=1S/C10H22N3P2/c1-5-11-6-12(9-14-2)8-13(7-11)10-15(3)4/h2-3,5-10H2,1,4H3/q+1. The lowest BCUT2D eigenvalue weighted by molar-refractivity contribution is -0.00592. The lowest BCUT2D eigenvalue weighted by Crippen LogP contribution is -2.54. The van der Waals surface area contributed by atoms with Crippen LogP contribution in [0.25, 0.3) is 0 Å². The second-order valence-corrected chi connectivity index (χ2v) is 6.84. The lowest BCUT2D eigenvalue weighted by Gasteiger charge is -2.40. The Kier molecular flexibility index (Phi) is 5.96. The van der Waals surface area contributed by atoms with E-state index in [-0.39, 0.29) is 7.55 Å². The molecule has 5 heteroatoms. The molecule has 1 fully saturated rings. The van der Waals surface area contributed by atoms with Crippen molar-refractivity contribution in [3.05, 3.63) is 0 Å². The summed E-state index contributed by atoms with van der Waals surface area (Å²) in [6, 6.07) is 0. The van der Waals surface area contributed by atoms with Gasteiger partial charge < -0.3 is 0 Å². The monoisotopic (exact) mass is 246 g/mol. The summed E-state index contributed by atoms with van der Waals surface area (Å²) in [5.74, 6) is 0. The zero-order valence-corrected chi connectivity index (χ0v) is 11.7. The van der Waals surface area contributed by atoms with Gasteiger partial charge in [-0.25, -0.2) is 4.90 Å². The molecular formula is C10H22N3P2+. The van der Waals surface area contributed by atoms with Crippen LogP contribution in [0.15, 0.2) is 0 Å². The van der Waals surface area contributed by atoms with Gasteiger partial charge in [0.2, 0.25) is 0 Å². The number of rotatable bonds is 5. The topological polar surface area (TPSA) is 9.72 Å². The number of nitrogens with zero attached hydrogens (tertiary/aromatic N) is 3. The molecule has 86 valence electrons. The molecule has 1 unspecified atom stereocenters. The maximum Gasteiger partial charge on any atom is 0.160 e. The molecular weight excluding hydrogens is 224 g/mol. The Bertz CT molecular complexity index is 233. The molecule has 1 aliphatic heterocycles. The van der Waals surface area contributed by atoms with E-state index in [0.717, 1.165) is 39.1 Å². The van der Waals surface area contributed by atoms with E-state index < -0.39 is 0 Å². The molecule has 0 spiro atoms. The smallest absolute Gasteiger partial charge is 0.160 e. The highest BCUT2D eigenvalue weighted by Crippen LogP contribution is 2.18. The molecule has 0 radical (unpaired) electrons. The molecule has 0 saturated carbocycles. The average Bonchev–Trinajstić information content (AvgIpc) is 2.16. The number of hydrogen-bond acceptors (Lipinski definition) is 3. The molecule has 0 aromatic rings. The van der Waals surface area contributed by atoms with E-state index in [1.165, 1.54) is 8.20 Å². The fourth-order valence-corrected chi connectivity index (χ4v) is 3.17. The third-order valence-corrected chi connectivity index (χ3v) is 3.87. The van der Waals surface area contributed by atoms with Gasteiger partial charge in [0.05, 0.1) is 40.5 Å². The molecule has 1 atom stereocenters. The summed E-state index contributed by atoms with van der Waals surface area (Å²) >= 11 is 0. The summed E-state index contributed by atoms with van der Waals surface area (Å²) in [6.45, 7) is 8.87. The summed E-state index contributed by atoms with van der Waals surface area (Å²) in [5, 5.41) is 0. The van der Waals surface area contributed by atoms with Gasteiger partial charge in [0.25, 0.3) is 0 Å². The van der Waals surface area contributed by atoms with Crippen molar-refractivity contribution < 1.29 is 0 Å². The van der Waals surface area contributed by atoms with Gasteiger partial charge in [-0.2, -0.15) is 0 Å². The van der Waals surface area contributed by atoms with Crippen LogP contribution in [0.5, 0.6) is 0 Å². The van der Waals surface area contributed by atoms with E-state index >= 15 is 0 Å². The van der Waals surface area contributed by atoms with Gasteiger partial charge >= 0.3 is 0 Å². The van der Waals surface area contributed by atoms with Crippen molar-refractivity contribution in [1.82, 2.24) is 14.7 Å². The summed E-state index contributed by atoms with van der Waals surface area (Å²) in [5.41, 5.74) is 0. The molecule has 0 aliphatic carbocycles. The highest BCUT2D eigenvalue weighted by atomic mass is 31.1. The summed E-state index contributed by atoms with van der Waals surface area (Å²) < 4.78 is 0. The molecule has 0 aromatic carbocycles. The van der Waals surface area contributed by atoms with Crippen LogP contribution in [-0.2, 0) is 0 Å². The third-order valence-electron chi connectivity index (χ3n) is 2.39. The van der Waals surface area contributed by atoms with E-state index in [4.69, 9.17) is 0 Å². The summed E-state index contributed by atoms with van der Waals surface area (Å²) in [7, 11) is 1.14. The van der Waals surface area contributed by atoms with Gasteiger partial charge in [-0.05, 0) is 6.54 Å². The maximum atomic E-state index is 4.13. The molecule has 1 rings (SSSR count). The van der Waals surface area contributed by atoms with E-state index in [1.54, 1.807) is 0 Å². The minimum atomic E-state index is -0.0710. The first kappa shape index (κ1) is 13.3. The molecule has 3 nitrogen and oxygen atoms in total. The average molecular weight is 246 g/mol. The van der Waals surface area contributed by atoms with E-state index in [2.05, 4.69) is 40.9 Å². The van der Waals surface area contributed by atoms with Crippen LogP contribution in [0.4, 0.5) is 0 Å². The largest absolute Gasteiger partial charge is 0.278 e. The Morgan fingerprint density at radius 2 is 1.80 bits per heavy atom. The SMILES string of the molecule is C=PCN1CN(CC)CN(C[P+](=C)C)C1. The van der Waals surface area contributed by atoms with Crippen molar-refractivity contribution in [2.45, 2.75) is 6.92 Å². The fraction of sp³-hybridized carbons (Fsp3) is 0.800. The molecule has 0 bridgehead atoms. The van der Waals surface area contributed by atoms with Crippen molar-refractivity contribution in [3.63, 3.8) is 0 Å². The minimum Gasteiger partial charge on any atom is -0.278 e. The highest BCUT2D eigenvalue weighted by molar-refractivity contribution is 7.54. The third kappa shape index (κ3) is 4.72. The first-order valence-corrected chi connectivity index (χ1v) is 8.69. The lowest BCUT2D eigenvalue weighted by atomic mass is 10.5. The van der Waals surface area contributed by atoms with Gasteiger partial charge in [-0.3, -0.25) is 9.80 Å². The van der Waals surface area contributed by atoms with Crippen LogP contribution in [-0.4, -0.2) is 73.1 Å². The van der Waals surface area contributed by atoms with Crippen molar-refractivity contribution in [3.8, 4) is 0 Å². The zero-order valence-electron chi connectivity index (χ0n) is 9.89. The van der Waals surface area contributed by atoms with Gasteiger partial charge in [0, 0.05) is 6.29 Å². The highest BCUT2D eigenvalue weighted by Gasteiger charge is 2.23. The second-order valence-electron chi connectivity index (χ2n) is 4.12. The fourth-order valence-electron chi connectivity index (χ4n) is 1.84. The quantitative estimate of drug-likeness (QED) is 0.683. The normalized spacial score (nSPS) is 22.1. The summed E-state index contributed by atoms with van der Waals surface area (Å²) in [6.07, 6.45) is 10.3. The molecule has 1 heterocycles. The Morgan fingerprint density at radius 1 is 1.20 bits per heavy atom. The maximum absolute atomic E-state index is 4.13. The molecule has 1 saturated heterocycles. The van der Waals surface area contributed by atoms with Crippen molar-refractivity contribution in [2.24, 2.45) is 0 Å². The first-order chi connectivity index (χ1) is 7.15. The van der Waals surface area contributed by atoms with Crippen LogP contribution in [0.2, 0.25) is 0 Å². The van der Waals surface area contributed by atoms with Gasteiger partial charge in [0.1, 0.15) is 0 Å². The van der Waals surface area contributed by atoms with E-state index in [0.29, 0.717) is 0 Å².